The number of phosphoric ester groups is 1. The zero-order valence-electron chi connectivity index (χ0n) is 15.6. The van der Waals surface area contributed by atoms with Crippen molar-refractivity contribution in [3.63, 3.8) is 0 Å². The number of phosphoric acid groups is 1. The highest BCUT2D eigenvalue weighted by Gasteiger charge is 2.19. The number of hydrogen-bond acceptors (Lipinski definition) is 4. The Hall–Kier alpha value is -0.870. The SMILES string of the molecule is CCCCOP(=O)(O)OCCCC.CCN(CC)c1ccccc1. The molecule has 0 saturated carbocycles. The van der Waals surface area contributed by atoms with E-state index in [9.17, 15) is 4.57 Å². The van der Waals surface area contributed by atoms with Crippen LogP contribution in [0.2, 0.25) is 0 Å². The number of nitrogens with zero attached hydrogens (tertiary/aromatic N) is 1. The summed E-state index contributed by atoms with van der Waals surface area (Å²) in [5, 5.41) is 0. The molecule has 5 nitrogen and oxygen atoms in total. The van der Waals surface area contributed by atoms with Gasteiger partial charge in [-0.1, -0.05) is 44.9 Å². The second-order valence-electron chi connectivity index (χ2n) is 5.35. The topological polar surface area (TPSA) is 59.0 Å². The van der Waals surface area contributed by atoms with Gasteiger partial charge in [-0.25, -0.2) is 4.57 Å². The Kier molecular flexibility index (Phi) is 13.9. The summed E-state index contributed by atoms with van der Waals surface area (Å²) in [5.41, 5.74) is 1.32. The molecule has 0 aromatic heterocycles. The summed E-state index contributed by atoms with van der Waals surface area (Å²) in [4.78, 5) is 11.4. The molecule has 0 saturated heterocycles. The minimum atomic E-state index is -3.75. The maximum atomic E-state index is 11.1. The number of hydrogen-bond donors (Lipinski definition) is 1. The molecule has 6 heteroatoms. The summed E-state index contributed by atoms with van der Waals surface area (Å²) < 4.78 is 20.5. The third kappa shape index (κ3) is 11.6. The first-order valence-corrected chi connectivity index (χ1v) is 10.4. The standard InChI is InChI=1S/C10H15N.C8H19O4P/c1-3-11(4-2)10-8-6-5-7-9-10;1-3-5-7-11-13(9,10)12-8-6-4-2/h5-9H,3-4H2,1-2H3;3-8H2,1-2H3,(H,9,10). The smallest absolute Gasteiger partial charge is 0.372 e. The van der Waals surface area contributed by atoms with Gasteiger partial charge in [0.05, 0.1) is 13.2 Å². The molecule has 0 aliphatic carbocycles. The molecule has 0 aliphatic heterocycles. The van der Waals surface area contributed by atoms with Crippen molar-refractivity contribution in [1.29, 1.82) is 0 Å². The van der Waals surface area contributed by atoms with Crippen LogP contribution in [0.15, 0.2) is 30.3 Å². The van der Waals surface area contributed by atoms with E-state index in [0.29, 0.717) is 0 Å². The molecule has 140 valence electrons. The molecule has 1 N–H and O–H groups in total. The highest BCUT2D eigenvalue weighted by Crippen LogP contribution is 2.43. The van der Waals surface area contributed by atoms with Crippen LogP contribution in [-0.4, -0.2) is 31.2 Å². The minimum absolute atomic E-state index is 0.288. The van der Waals surface area contributed by atoms with Crippen molar-refractivity contribution in [2.45, 2.75) is 53.4 Å². The molecule has 0 unspecified atom stereocenters. The lowest BCUT2D eigenvalue weighted by Crippen LogP contribution is -2.21. The molecular weight excluding hydrogens is 325 g/mol. The third-order valence-corrected chi connectivity index (χ3v) is 4.41. The fourth-order valence-electron chi connectivity index (χ4n) is 1.91. The van der Waals surface area contributed by atoms with Crippen LogP contribution in [0.5, 0.6) is 0 Å². The van der Waals surface area contributed by atoms with E-state index in [1.165, 1.54) is 5.69 Å². The lowest BCUT2D eigenvalue weighted by molar-refractivity contribution is 0.146. The Labute approximate surface area is 147 Å². The predicted octanol–water partition coefficient (Wildman–Crippen LogP) is 5.25. The Balaban J connectivity index is 0.000000446. The maximum absolute atomic E-state index is 11.1. The predicted molar refractivity (Wildman–Crippen MR) is 102 cm³/mol. The molecule has 0 amide bonds. The first-order valence-electron chi connectivity index (χ1n) is 8.92. The van der Waals surface area contributed by atoms with E-state index >= 15 is 0 Å². The number of unbranched alkanes of at least 4 members (excludes halogenated alkanes) is 2. The van der Waals surface area contributed by atoms with Gasteiger partial charge in [0.1, 0.15) is 0 Å². The van der Waals surface area contributed by atoms with Gasteiger partial charge in [-0.05, 0) is 38.8 Å². The van der Waals surface area contributed by atoms with E-state index in [1.54, 1.807) is 0 Å². The van der Waals surface area contributed by atoms with Crippen LogP contribution >= 0.6 is 7.82 Å². The molecule has 1 aromatic rings. The Bertz CT molecular complexity index is 424. The zero-order chi connectivity index (χ0) is 18.3. The molecule has 0 aliphatic rings. The molecule has 0 fully saturated rings. The Morgan fingerprint density at radius 1 is 0.917 bits per heavy atom. The normalized spacial score (nSPS) is 10.9. The molecule has 0 radical (unpaired) electrons. The number of para-hydroxylation sites is 1. The van der Waals surface area contributed by atoms with Gasteiger partial charge in [0.25, 0.3) is 0 Å². The van der Waals surface area contributed by atoms with Crippen LogP contribution in [0, 0.1) is 0 Å². The van der Waals surface area contributed by atoms with Crippen molar-refractivity contribution in [2.24, 2.45) is 0 Å². The molecule has 0 atom stereocenters. The lowest BCUT2D eigenvalue weighted by Gasteiger charge is -2.20. The van der Waals surface area contributed by atoms with Crippen LogP contribution < -0.4 is 4.90 Å². The van der Waals surface area contributed by atoms with Gasteiger partial charge in [0, 0.05) is 18.8 Å². The first-order chi connectivity index (χ1) is 11.5. The summed E-state index contributed by atoms with van der Waals surface area (Å²) in [5.74, 6) is 0. The summed E-state index contributed by atoms with van der Waals surface area (Å²) >= 11 is 0. The van der Waals surface area contributed by atoms with E-state index < -0.39 is 7.82 Å². The van der Waals surface area contributed by atoms with Gasteiger partial charge in [-0.3, -0.25) is 9.05 Å². The quantitative estimate of drug-likeness (QED) is 0.432. The van der Waals surface area contributed by atoms with Crippen LogP contribution in [0.25, 0.3) is 0 Å². The van der Waals surface area contributed by atoms with Gasteiger partial charge in [0.2, 0.25) is 0 Å². The number of anilines is 1. The summed E-state index contributed by atoms with van der Waals surface area (Å²) in [7, 11) is -3.75. The molecule has 0 spiro atoms. The molecule has 1 aromatic carbocycles. The highest BCUT2D eigenvalue weighted by molar-refractivity contribution is 7.47. The average molecular weight is 359 g/mol. The minimum Gasteiger partial charge on any atom is -0.372 e. The Morgan fingerprint density at radius 2 is 1.38 bits per heavy atom. The maximum Gasteiger partial charge on any atom is 0.472 e. The van der Waals surface area contributed by atoms with Crippen molar-refractivity contribution in [1.82, 2.24) is 0 Å². The zero-order valence-corrected chi connectivity index (χ0v) is 16.5. The highest BCUT2D eigenvalue weighted by atomic mass is 31.2. The van der Waals surface area contributed by atoms with E-state index in [4.69, 9.17) is 13.9 Å². The summed E-state index contributed by atoms with van der Waals surface area (Å²) in [6, 6.07) is 10.5. The second-order valence-corrected chi connectivity index (χ2v) is 6.80. The van der Waals surface area contributed by atoms with E-state index in [1.807, 2.05) is 19.9 Å². The van der Waals surface area contributed by atoms with Crippen LogP contribution in [-0.2, 0) is 13.6 Å². The monoisotopic (exact) mass is 359 g/mol. The molecule has 0 heterocycles. The van der Waals surface area contributed by atoms with Crippen molar-refractivity contribution in [2.75, 3.05) is 31.2 Å². The van der Waals surface area contributed by atoms with Gasteiger partial charge in [-0.15, -0.1) is 0 Å². The second kappa shape index (κ2) is 14.5. The number of benzene rings is 1. The van der Waals surface area contributed by atoms with Crippen molar-refractivity contribution >= 4 is 13.5 Å². The van der Waals surface area contributed by atoms with E-state index in [0.717, 1.165) is 38.8 Å². The van der Waals surface area contributed by atoms with Crippen molar-refractivity contribution in [3.05, 3.63) is 30.3 Å². The summed E-state index contributed by atoms with van der Waals surface area (Å²) in [6.45, 7) is 11.1. The van der Waals surface area contributed by atoms with Gasteiger partial charge >= 0.3 is 7.82 Å². The third-order valence-electron chi connectivity index (χ3n) is 3.39. The van der Waals surface area contributed by atoms with Gasteiger partial charge in [0.15, 0.2) is 0 Å². The van der Waals surface area contributed by atoms with Crippen LogP contribution in [0.3, 0.4) is 0 Å². The van der Waals surface area contributed by atoms with Crippen molar-refractivity contribution < 1.29 is 18.5 Å². The van der Waals surface area contributed by atoms with Gasteiger partial charge in [-0.2, -0.15) is 0 Å². The van der Waals surface area contributed by atoms with Crippen molar-refractivity contribution in [3.8, 4) is 0 Å². The molecule has 0 bridgehead atoms. The fraction of sp³-hybridized carbons (Fsp3) is 0.667. The van der Waals surface area contributed by atoms with E-state index in [2.05, 4.69) is 43.0 Å². The van der Waals surface area contributed by atoms with Gasteiger partial charge < -0.3 is 9.79 Å². The molecule has 24 heavy (non-hydrogen) atoms. The largest absolute Gasteiger partial charge is 0.472 e. The fourth-order valence-corrected chi connectivity index (χ4v) is 2.71. The Morgan fingerprint density at radius 3 is 1.75 bits per heavy atom. The van der Waals surface area contributed by atoms with Crippen LogP contribution in [0.1, 0.15) is 53.4 Å². The average Bonchev–Trinajstić information content (AvgIpc) is 2.58. The number of rotatable bonds is 11. The summed E-state index contributed by atoms with van der Waals surface area (Å²) in [6.07, 6.45) is 3.44. The molecular formula is C18H34NO4P. The lowest BCUT2D eigenvalue weighted by atomic mass is 10.3. The van der Waals surface area contributed by atoms with Crippen LogP contribution in [0.4, 0.5) is 5.69 Å². The first kappa shape index (κ1) is 23.1. The molecule has 1 rings (SSSR count). The van der Waals surface area contributed by atoms with E-state index in [-0.39, 0.29) is 13.2 Å².